The second kappa shape index (κ2) is 8.29. The lowest BCUT2D eigenvalue weighted by Crippen LogP contribution is -2.36. The summed E-state index contributed by atoms with van der Waals surface area (Å²) in [5, 5.41) is 2.91. The molecule has 0 aliphatic carbocycles. The van der Waals surface area contributed by atoms with Gasteiger partial charge < -0.3 is 10.2 Å². The average molecular weight is 369 g/mol. The summed E-state index contributed by atoms with van der Waals surface area (Å²) < 4.78 is 13.7. The molecule has 1 N–H and O–H groups in total. The number of rotatable bonds is 5. The van der Waals surface area contributed by atoms with E-state index in [4.69, 9.17) is 0 Å². The molecule has 0 spiro atoms. The Labute approximate surface area is 158 Å². The van der Waals surface area contributed by atoms with Gasteiger partial charge in [-0.1, -0.05) is 32.0 Å². The van der Waals surface area contributed by atoms with Gasteiger partial charge in [0.25, 0.3) is 0 Å². The van der Waals surface area contributed by atoms with E-state index in [-0.39, 0.29) is 29.5 Å². The maximum Gasteiger partial charge on any atom is 0.225 e. The lowest BCUT2D eigenvalue weighted by atomic mass is 9.88. The summed E-state index contributed by atoms with van der Waals surface area (Å²) in [5.41, 5.74) is 1.51. The molecule has 2 amide bonds. The number of halogens is 1. The highest BCUT2D eigenvalue weighted by Crippen LogP contribution is 2.34. The summed E-state index contributed by atoms with van der Waals surface area (Å²) in [5.74, 6) is -1.27. The van der Waals surface area contributed by atoms with Crippen LogP contribution in [0.3, 0.4) is 0 Å². The van der Waals surface area contributed by atoms with Crippen molar-refractivity contribution < 1.29 is 14.0 Å². The maximum absolute atomic E-state index is 13.7. The van der Waals surface area contributed by atoms with Crippen LogP contribution in [0.15, 0.2) is 48.7 Å². The number of aromatic nitrogens is 1. The van der Waals surface area contributed by atoms with Crippen LogP contribution < -0.4 is 5.32 Å². The first-order chi connectivity index (χ1) is 13.0. The number of carbonyl (C=O) groups is 2. The predicted molar refractivity (Wildman–Crippen MR) is 100 cm³/mol. The number of hydrogen-bond donors (Lipinski definition) is 1. The number of amides is 2. The minimum Gasteiger partial charge on any atom is -0.350 e. The van der Waals surface area contributed by atoms with Crippen LogP contribution in [0.5, 0.6) is 0 Å². The van der Waals surface area contributed by atoms with Crippen molar-refractivity contribution in [3.05, 3.63) is 65.7 Å². The Morgan fingerprint density at radius 3 is 2.70 bits per heavy atom. The first-order valence-corrected chi connectivity index (χ1v) is 9.17. The normalized spacial score (nSPS) is 19.3. The van der Waals surface area contributed by atoms with Gasteiger partial charge in [0.2, 0.25) is 11.8 Å². The van der Waals surface area contributed by atoms with Crippen LogP contribution in [-0.4, -0.2) is 34.8 Å². The third-order valence-corrected chi connectivity index (χ3v) is 4.91. The quantitative estimate of drug-likeness (QED) is 0.882. The van der Waals surface area contributed by atoms with Crippen LogP contribution >= 0.6 is 0 Å². The van der Waals surface area contributed by atoms with Crippen LogP contribution in [0.2, 0.25) is 0 Å². The first kappa shape index (κ1) is 19.0. The van der Waals surface area contributed by atoms with E-state index in [1.54, 1.807) is 17.2 Å². The molecule has 1 aromatic heterocycles. The largest absolute Gasteiger partial charge is 0.350 e. The first-order valence-electron chi connectivity index (χ1n) is 9.17. The topological polar surface area (TPSA) is 62.3 Å². The zero-order chi connectivity index (χ0) is 19.4. The van der Waals surface area contributed by atoms with Crippen LogP contribution in [-0.2, 0) is 16.1 Å². The van der Waals surface area contributed by atoms with Gasteiger partial charge in [0, 0.05) is 31.1 Å². The molecule has 2 atom stereocenters. The van der Waals surface area contributed by atoms with Gasteiger partial charge >= 0.3 is 0 Å². The van der Waals surface area contributed by atoms with Gasteiger partial charge in [0.1, 0.15) is 5.82 Å². The van der Waals surface area contributed by atoms with E-state index in [0.717, 1.165) is 11.3 Å². The second-order valence-corrected chi connectivity index (χ2v) is 7.20. The molecule has 1 aliphatic rings. The highest BCUT2D eigenvalue weighted by Gasteiger charge is 2.40. The lowest BCUT2D eigenvalue weighted by molar-refractivity contribution is -0.133. The van der Waals surface area contributed by atoms with E-state index < -0.39 is 5.92 Å². The number of likely N-dealkylation sites (tertiary alicyclic amines) is 1. The number of benzene rings is 1. The molecular formula is C21H24FN3O2. The summed E-state index contributed by atoms with van der Waals surface area (Å²) in [6, 6.07) is 11.8. The molecule has 5 nitrogen and oxygen atoms in total. The molecule has 3 rings (SSSR count). The molecule has 0 saturated carbocycles. The standard InChI is InChI=1S/C21H24FN3O2/c1-14(2)21(27)25-12-18(15-6-5-7-16(22)10-15)19(13-25)20(26)24-11-17-8-3-4-9-23-17/h3-10,14,18-19H,11-13H2,1-2H3,(H,24,26)/t18-,19+/m1/s1. The van der Waals surface area contributed by atoms with Gasteiger partial charge in [-0.2, -0.15) is 0 Å². The van der Waals surface area contributed by atoms with Crippen molar-refractivity contribution >= 4 is 11.8 Å². The predicted octanol–water partition coefficient (Wildman–Crippen LogP) is 2.74. The van der Waals surface area contributed by atoms with Crippen molar-refractivity contribution in [1.29, 1.82) is 0 Å². The second-order valence-electron chi connectivity index (χ2n) is 7.20. The Bertz CT molecular complexity index is 810. The van der Waals surface area contributed by atoms with Crippen molar-refractivity contribution in [3.63, 3.8) is 0 Å². The highest BCUT2D eigenvalue weighted by atomic mass is 19.1. The maximum atomic E-state index is 13.7. The Morgan fingerprint density at radius 1 is 1.22 bits per heavy atom. The zero-order valence-electron chi connectivity index (χ0n) is 15.6. The van der Waals surface area contributed by atoms with E-state index in [0.29, 0.717) is 19.6 Å². The summed E-state index contributed by atoms with van der Waals surface area (Å²) in [6.07, 6.45) is 1.68. The van der Waals surface area contributed by atoms with Crippen LogP contribution in [0.25, 0.3) is 0 Å². The van der Waals surface area contributed by atoms with Gasteiger partial charge in [0.05, 0.1) is 18.2 Å². The summed E-state index contributed by atoms with van der Waals surface area (Å²) in [4.78, 5) is 31.2. The van der Waals surface area contributed by atoms with Crippen molar-refractivity contribution in [2.75, 3.05) is 13.1 Å². The number of hydrogen-bond acceptors (Lipinski definition) is 3. The highest BCUT2D eigenvalue weighted by molar-refractivity contribution is 5.84. The van der Waals surface area contributed by atoms with Crippen LogP contribution in [0, 0.1) is 17.7 Å². The molecule has 2 heterocycles. The number of carbonyl (C=O) groups excluding carboxylic acids is 2. The Balaban J connectivity index is 1.78. The molecule has 1 fully saturated rings. The zero-order valence-corrected chi connectivity index (χ0v) is 15.6. The van der Waals surface area contributed by atoms with Crippen molar-refractivity contribution in [2.24, 2.45) is 11.8 Å². The van der Waals surface area contributed by atoms with E-state index >= 15 is 0 Å². The molecule has 0 radical (unpaired) electrons. The van der Waals surface area contributed by atoms with Gasteiger partial charge in [0.15, 0.2) is 0 Å². The Kier molecular flexibility index (Phi) is 5.84. The average Bonchev–Trinajstić information content (AvgIpc) is 3.11. The monoisotopic (exact) mass is 369 g/mol. The molecule has 1 saturated heterocycles. The summed E-state index contributed by atoms with van der Waals surface area (Å²) in [6.45, 7) is 4.76. The van der Waals surface area contributed by atoms with Gasteiger partial charge in [-0.3, -0.25) is 14.6 Å². The van der Waals surface area contributed by atoms with Crippen LogP contribution in [0.4, 0.5) is 4.39 Å². The lowest BCUT2D eigenvalue weighted by Gasteiger charge is -2.18. The Hall–Kier alpha value is -2.76. The van der Waals surface area contributed by atoms with Gasteiger partial charge in [-0.25, -0.2) is 4.39 Å². The molecule has 1 aliphatic heterocycles. The fourth-order valence-electron chi connectivity index (χ4n) is 3.50. The van der Waals surface area contributed by atoms with E-state index in [9.17, 15) is 14.0 Å². The molecule has 1 aromatic carbocycles. The number of nitrogens with one attached hydrogen (secondary N) is 1. The van der Waals surface area contributed by atoms with E-state index in [2.05, 4.69) is 10.3 Å². The minimum absolute atomic E-state index is 0.0106. The third kappa shape index (κ3) is 4.51. The van der Waals surface area contributed by atoms with Gasteiger partial charge in [-0.05, 0) is 29.8 Å². The van der Waals surface area contributed by atoms with E-state index in [1.807, 2.05) is 38.1 Å². The smallest absolute Gasteiger partial charge is 0.225 e. The van der Waals surface area contributed by atoms with Crippen molar-refractivity contribution in [1.82, 2.24) is 15.2 Å². The van der Waals surface area contributed by atoms with E-state index in [1.165, 1.54) is 12.1 Å². The molecule has 0 bridgehead atoms. The molecule has 2 aromatic rings. The SMILES string of the molecule is CC(C)C(=O)N1C[C@H](C(=O)NCc2ccccn2)[C@@H](c2cccc(F)c2)C1. The number of pyridine rings is 1. The minimum atomic E-state index is -0.418. The fourth-order valence-corrected chi connectivity index (χ4v) is 3.50. The van der Waals surface area contributed by atoms with Crippen LogP contribution in [0.1, 0.15) is 31.0 Å². The molecule has 27 heavy (non-hydrogen) atoms. The molecule has 6 heteroatoms. The summed E-state index contributed by atoms with van der Waals surface area (Å²) in [7, 11) is 0. The van der Waals surface area contributed by atoms with Crippen molar-refractivity contribution in [3.8, 4) is 0 Å². The molecule has 0 unspecified atom stereocenters. The summed E-state index contributed by atoms with van der Waals surface area (Å²) >= 11 is 0. The number of nitrogens with zero attached hydrogens (tertiary/aromatic N) is 2. The third-order valence-electron chi connectivity index (χ3n) is 4.91. The fraction of sp³-hybridized carbons (Fsp3) is 0.381. The molecular weight excluding hydrogens is 345 g/mol. The molecule has 142 valence electrons. The Morgan fingerprint density at radius 2 is 2.04 bits per heavy atom. The van der Waals surface area contributed by atoms with Crippen molar-refractivity contribution in [2.45, 2.75) is 26.3 Å². The van der Waals surface area contributed by atoms with Gasteiger partial charge in [-0.15, -0.1) is 0 Å².